The smallest absolute Gasteiger partial charge is 0.145 e. The monoisotopic (exact) mass is 1250 g/mol. The van der Waals surface area contributed by atoms with Gasteiger partial charge in [-0.3, -0.25) is 4.98 Å². The van der Waals surface area contributed by atoms with E-state index in [-0.39, 0.29) is 0 Å². The van der Waals surface area contributed by atoms with E-state index in [0.29, 0.717) is 0 Å². The van der Waals surface area contributed by atoms with E-state index in [2.05, 4.69) is 322 Å². The van der Waals surface area contributed by atoms with Crippen LogP contribution in [0.5, 0.6) is 0 Å². The molecule has 0 atom stereocenters. The molecule has 0 unspecified atom stereocenters. The molecule has 0 N–H and O–H groups in total. The average molecular weight is 1250 g/mol. The Bertz CT molecular complexity index is 6200. The lowest BCUT2D eigenvalue weighted by Gasteiger charge is -2.34. The standard InChI is InChI=1S/C94H58N2O2/c1-92(2)77-50-57(44-46-66(77)86-81(92)54-71(82-40-21-22-49-95-82)91-89(86)68-33-14-20-42-84(68)98-91)96(90-59(55-24-5-3-6-25-55)34-23-35-60(90)56-26-7-4-8-27-56)58-43-45-65-69-52-80-70(53-79(69)94(78(65)51-58)74-38-17-11-30-63(74)64-31-12-18-39-75(64)94)87-76(47-48-85-88(87)67-32-13-19-41-83(67)97-85)93(80)72-36-15-9-28-61(72)62-29-10-16-37-73(62)93/h3-54H,1-2H3. The van der Waals surface area contributed by atoms with E-state index in [0.717, 1.165) is 94.5 Å². The van der Waals surface area contributed by atoms with Gasteiger partial charge in [0.1, 0.15) is 22.3 Å². The first kappa shape index (κ1) is 53.9. The number of benzene rings is 14. The Morgan fingerprint density at radius 2 is 0.745 bits per heavy atom. The van der Waals surface area contributed by atoms with Gasteiger partial charge in [-0.25, -0.2) is 0 Å². The quantitative estimate of drug-likeness (QED) is 0.166. The SMILES string of the molecule is CC1(C)c2cc(N(c3ccc4c(c3)C3(c5ccccc5-c5ccccc53)c3cc5c(cc3-4)C3(c4ccccc4-c4ccccc43)c3ccc4oc6ccccc6c4c3-5)c3c(-c4ccccc4)cccc3-c3ccccc3)ccc2-c2c1cc(-c1ccccn1)c1oc3ccccc3c21. The molecule has 0 fully saturated rings. The summed E-state index contributed by atoms with van der Waals surface area (Å²) in [7, 11) is 0. The molecule has 5 aliphatic carbocycles. The lowest BCUT2D eigenvalue weighted by atomic mass is 9.68. The molecule has 3 aromatic heterocycles. The Hall–Kier alpha value is -12.4. The van der Waals surface area contributed by atoms with Crippen molar-refractivity contribution in [2.24, 2.45) is 0 Å². The molecule has 3 heterocycles. The van der Waals surface area contributed by atoms with E-state index in [9.17, 15) is 0 Å². The normalized spacial score (nSPS) is 14.5. The van der Waals surface area contributed by atoms with E-state index >= 15 is 0 Å². The maximum atomic E-state index is 6.95. The van der Waals surface area contributed by atoms with Crippen LogP contribution >= 0.6 is 0 Å². The van der Waals surface area contributed by atoms with Gasteiger partial charge in [0.2, 0.25) is 0 Å². The molecule has 0 bridgehead atoms. The Labute approximate surface area is 566 Å². The van der Waals surface area contributed by atoms with Crippen LogP contribution in [0, 0.1) is 0 Å². The number of aromatic nitrogens is 1. The van der Waals surface area contributed by atoms with Gasteiger partial charge in [0.25, 0.3) is 0 Å². The average Bonchev–Trinajstić information content (AvgIpc) is 1.48. The molecule has 456 valence electrons. The van der Waals surface area contributed by atoms with Crippen LogP contribution in [0.4, 0.5) is 17.1 Å². The highest BCUT2D eigenvalue weighted by Crippen LogP contribution is 2.70. The molecule has 22 rings (SSSR count). The minimum absolute atomic E-state index is 0.449. The molecule has 14 aromatic carbocycles. The molecular weight excluding hydrogens is 1190 g/mol. The predicted molar refractivity (Wildman–Crippen MR) is 400 cm³/mol. The van der Waals surface area contributed by atoms with Crippen molar-refractivity contribution >= 4 is 60.9 Å². The number of pyridine rings is 1. The zero-order valence-corrected chi connectivity index (χ0v) is 53.7. The lowest BCUT2D eigenvalue weighted by molar-refractivity contribution is 0.657. The number of hydrogen-bond acceptors (Lipinski definition) is 4. The summed E-state index contributed by atoms with van der Waals surface area (Å²) in [6, 6.07) is 116. The molecule has 4 nitrogen and oxygen atoms in total. The molecule has 2 spiro atoms. The fourth-order valence-corrected chi connectivity index (χ4v) is 19.0. The molecule has 0 saturated heterocycles. The third-order valence-electron chi connectivity index (χ3n) is 22.9. The van der Waals surface area contributed by atoms with Gasteiger partial charge in [0.15, 0.2) is 0 Å². The van der Waals surface area contributed by atoms with Gasteiger partial charge in [-0.05, 0) is 195 Å². The van der Waals surface area contributed by atoms with Gasteiger partial charge in [-0.2, -0.15) is 0 Å². The molecule has 4 heteroatoms. The Morgan fingerprint density at radius 3 is 1.36 bits per heavy atom. The topological polar surface area (TPSA) is 42.4 Å². The van der Waals surface area contributed by atoms with Gasteiger partial charge in [-0.1, -0.05) is 250 Å². The molecule has 0 radical (unpaired) electrons. The highest BCUT2D eigenvalue weighted by Gasteiger charge is 2.57. The van der Waals surface area contributed by atoms with Gasteiger partial charge < -0.3 is 13.7 Å². The molecule has 0 saturated carbocycles. The predicted octanol–water partition coefficient (Wildman–Crippen LogP) is 24.3. The van der Waals surface area contributed by atoms with E-state index in [1.807, 2.05) is 12.3 Å². The Balaban J connectivity index is 0.847. The van der Waals surface area contributed by atoms with Crippen molar-refractivity contribution in [1.29, 1.82) is 0 Å². The van der Waals surface area contributed by atoms with Crippen LogP contribution in [0.2, 0.25) is 0 Å². The highest BCUT2D eigenvalue weighted by molar-refractivity contribution is 6.20. The van der Waals surface area contributed by atoms with Crippen molar-refractivity contribution in [3.63, 3.8) is 0 Å². The minimum Gasteiger partial charge on any atom is -0.456 e. The van der Waals surface area contributed by atoms with Gasteiger partial charge in [0, 0.05) is 61.2 Å². The van der Waals surface area contributed by atoms with Crippen molar-refractivity contribution in [3.05, 3.63) is 371 Å². The summed E-state index contributed by atoms with van der Waals surface area (Å²) in [5.74, 6) is 0. The van der Waals surface area contributed by atoms with Crippen molar-refractivity contribution in [2.75, 3.05) is 4.90 Å². The number of fused-ring (bicyclic) bond motifs is 31. The summed E-state index contributed by atoms with van der Waals surface area (Å²) < 4.78 is 13.8. The van der Waals surface area contributed by atoms with Crippen molar-refractivity contribution in [2.45, 2.75) is 30.1 Å². The summed E-state index contributed by atoms with van der Waals surface area (Å²) >= 11 is 0. The number of anilines is 3. The van der Waals surface area contributed by atoms with Crippen LogP contribution in [0.25, 0.3) is 133 Å². The van der Waals surface area contributed by atoms with Gasteiger partial charge in [0.05, 0.1) is 22.2 Å². The zero-order chi connectivity index (χ0) is 64.3. The van der Waals surface area contributed by atoms with Crippen molar-refractivity contribution in [3.8, 4) is 89.1 Å². The molecular formula is C94H58N2O2. The van der Waals surface area contributed by atoms with E-state index in [1.54, 1.807) is 0 Å². The number of para-hydroxylation sites is 3. The fourth-order valence-electron chi connectivity index (χ4n) is 19.0. The van der Waals surface area contributed by atoms with Crippen molar-refractivity contribution < 1.29 is 8.83 Å². The highest BCUT2D eigenvalue weighted by atomic mass is 16.3. The maximum Gasteiger partial charge on any atom is 0.145 e. The lowest BCUT2D eigenvalue weighted by Crippen LogP contribution is -2.27. The maximum absolute atomic E-state index is 6.95. The van der Waals surface area contributed by atoms with Crippen LogP contribution in [0.3, 0.4) is 0 Å². The minimum atomic E-state index is -0.741. The number of furan rings is 2. The van der Waals surface area contributed by atoms with Crippen molar-refractivity contribution in [1.82, 2.24) is 4.98 Å². The first-order chi connectivity index (χ1) is 48.4. The molecule has 0 aliphatic heterocycles. The summed E-state index contributed by atoms with van der Waals surface area (Å²) in [6.07, 6.45) is 1.88. The van der Waals surface area contributed by atoms with Crippen LogP contribution < -0.4 is 4.90 Å². The Kier molecular flexibility index (Phi) is 10.7. The third-order valence-corrected chi connectivity index (χ3v) is 22.9. The van der Waals surface area contributed by atoms with Crippen LogP contribution in [0.1, 0.15) is 69.5 Å². The van der Waals surface area contributed by atoms with E-state index in [4.69, 9.17) is 13.8 Å². The van der Waals surface area contributed by atoms with Crippen LogP contribution in [-0.2, 0) is 16.2 Å². The number of nitrogens with zero attached hydrogens (tertiary/aromatic N) is 2. The summed E-state index contributed by atoms with van der Waals surface area (Å²) in [5.41, 5.74) is 36.7. The largest absolute Gasteiger partial charge is 0.456 e. The van der Waals surface area contributed by atoms with E-state index in [1.165, 1.54) is 111 Å². The molecule has 0 amide bonds. The van der Waals surface area contributed by atoms with Crippen LogP contribution in [-0.4, -0.2) is 4.98 Å². The second-order valence-electron chi connectivity index (χ2n) is 27.8. The van der Waals surface area contributed by atoms with Crippen LogP contribution in [0.15, 0.2) is 324 Å². The van der Waals surface area contributed by atoms with Gasteiger partial charge >= 0.3 is 0 Å². The second-order valence-corrected chi connectivity index (χ2v) is 27.8. The first-order valence-electron chi connectivity index (χ1n) is 34.2. The number of rotatable bonds is 6. The second kappa shape index (κ2) is 19.4. The summed E-state index contributed by atoms with van der Waals surface area (Å²) in [6.45, 7) is 4.81. The Morgan fingerprint density at radius 1 is 0.286 bits per heavy atom. The molecule has 5 aliphatic rings. The molecule has 17 aromatic rings. The summed E-state index contributed by atoms with van der Waals surface area (Å²) in [5, 5.41) is 4.52. The summed E-state index contributed by atoms with van der Waals surface area (Å²) in [4.78, 5) is 7.56. The number of hydrogen-bond donors (Lipinski definition) is 0. The zero-order valence-electron chi connectivity index (χ0n) is 53.7. The van der Waals surface area contributed by atoms with E-state index < -0.39 is 16.2 Å². The van der Waals surface area contributed by atoms with Gasteiger partial charge in [-0.15, -0.1) is 0 Å². The molecule has 98 heavy (non-hydrogen) atoms. The fraction of sp³-hybridized carbons (Fsp3) is 0.0532. The third kappa shape index (κ3) is 6.76. The first-order valence-corrected chi connectivity index (χ1v) is 34.2.